The van der Waals surface area contributed by atoms with E-state index in [0.717, 1.165) is 28.9 Å². The van der Waals surface area contributed by atoms with Gasteiger partial charge in [-0.15, -0.1) is 16.9 Å². The molecule has 0 unspecified atom stereocenters. The van der Waals surface area contributed by atoms with Crippen molar-refractivity contribution in [3.8, 4) is 34.7 Å². The number of aryl methyl sites for hydroxylation is 1. The van der Waals surface area contributed by atoms with E-state index >= 15 is 0 Å². The number of hydrogen-bond acceptors (Lipinski definition) is 3. The molecule has 0 N–H and O–H groups in total. The molecule has 0 bridgehead atoms. The van der Waals surface area contributed by atoms with Crippen LogP contribution in [0.25, 0.3) is 11.4 Å². The van der Waals surface area contributed by atoms with Gasteiger partial charge in [0.2, 0.25) is 0 Å². The van der Waals surface area contributed by atoms with Crippen molar-refractivity contribution in [2.75, 3.05) is 0 Å². The molecule has 0 saturated heterocycles. The van der Waals surface area contributed by atoms with Gasteiger partial charge in [0, 0.05) is 23.5 Å². The first-order valence-electron chi connectivity index (χ1n) is 13.6. The van der Waals surface area contributed by atoms with Crippen LogP contribution >= 0.6 is 11.3 Å². The fraction of sp³-hybridized carbons (Fsp3) is 0.438. The molecule has 36 heavy (non-hydrogen) atoms. The van der Waals surface area contributed by atoms with Crippen molar-refractivity contribution in [3.05, 3.63) is 69.2 Å². The molecule has 0 aliphatic heterocycles. The van der Waals surface area contributed by atoms with Gasteiger partial charge in [0.15, 0.2) is 0 Å². The van der Waals surface area contributed by atoms with Crippen LogP contribution in [0.5, 0.6) is 0 Å². The minimum absolute atomic E-state index is 0.862. The average molecular weight is 513 g/mol. The molecular formula is C32H40N2SSi. The molecule has 0 aliphatic carbocycles. The van der Waals surface area contributed by atoms with Crippen molar-refractivity contribution in [1.82, 2.24) is 9.97 Å². The van der Waals surface area contributed by atoms with Crippen molar-refractivity contribution in [3.63, 3.8) is 0 Å². The zero-order chi connectivity index (χ0) is 25.8. The molecule has 3 heterocycles. The van der Waals surface area contributed by atoms with Gasteiger partial charge in [-0.1, -0.05) is 65.2 Å². The van der Waals surface area contributed by atoms with Crippen molar-refractivity contribution in [1.29, 1.82) is 0 Å². The topological polar surface area (TPSA) is 25.8 Å². The Hall–Kier alpha value is -2.66. The maximum atomic E-state index is 4.64. The Morgan fingerprint density at radius 1 is 0.722 bits per heavy atom. The second kappa shape index (κ2) is 14.2. The standard InChI is InChI=1S/C32H40N2SSi/c1-6-11-13-28-25-35-32(29(28)14-12-7-2)20-17-26-15-18-30(33-23-26)31-19-16-27(24-34-31)21-22-36(8-3,9-4)10-5/h15-16,18-19,23-25H,6-14H2,1-5H3. The molecule has 0 atom stereocenters. The number of thiophene rings is 1. The number of rotatable bonds is 10. The van der Waals surface area contributed by atoms with Crippen molar-refractivity contribution in [2.24, 2.45) is 0 Å². The van der Waals surface area contributed by atoms with Crippen molar-refractivity contribution in [2.45, 2.75) is 91.3 Å². The van der Waals surface area contributed by atoms with Gasteiger partial charge in [0.25, 0.3) is 0 Å². The molecule has 0 aliphatic rings. The maximum absolute atomic E-state index is 4.64. The Kier molecular flexibility index (Phi) is 11.0. The third-order valence-electron chi connectivity index (χ3n) is 7.17. The molecule has 4 heteroatoms. The lowest BCUT2D eigenvalue weighted by atomic mass is 10.0. The molecule has 0 aromatic carbocycles. The highest BCUT2D eigenvalue weighted by molar-refractivity contribution is 7.10. The molecule has 3 rings (SSSR count). The van der Waals surface area contributed by atoms with Gasteiger partial charge >= 0.3 is 0 Å². The first-order valence-corrected chi connectivity index (χ1v) is 17.1. The SMILES string of the molecule is CCCCc1csc(C#Cc2ccc(-c3ccc(C#C[Si](CC)(CC)CC)cn3)nc2)c1CCCC. The summed E-state index contributed by atoms with van der Waals surface area (Å²) < 4.78 is 0. The zero-order valence-corrected chi connectivity index (χ0v) is 24.5. The summed E-state index contributed by atoms with van der Waals surface area (Å²) in [5, 5.41) is 2.32. The summed E-state index contributed by atoms with van der Waals surface area (Å²) in [6.45, 7) is 11.4. The van der Waals surface area contributed by atoms with Crippen LogP contribution in [0.4, 0.5) is 0 Å². The molecule has 3 aromatic rings. The predicted octanol–water partition coefficient (Wildman–Crippen LogP) is 8.69. The Morgan fingerprint density at radius 2 is 1.31 bits per heavy atom. The predicted molar refractivity (Wildman–Crippen MR) is 159 cm³/mol. The normalized spacial score (nSPS) is 10.9. The van der Waals surface area contributed by atoms with E-state index in [2.05, 4.69) is 79.3 Å². The van der Waals surface area contributed by atoms with E-state index in [4.69, 9.17) is 0 Å². The number of unbranched alkanes of at least 4 members (excludes halogenated alkanes) is 2. The van der Waals surface area contributed by atoms with Gasteiger partial charge < -0.3 is 0 Å². The fourth-order valence-electron chi connectivity index (χ4n) is 4.32. The highest BCUT2D eigenvalue weighted by Crippen LogP contribution is 2.26. The molecule has 0 saturated carbocycles. The average Bonchev–Trinajstić information content (AvgIpc) is 3.32. The van der Waals surface area contributed by atoms with Gasteiger partial charge in [-0.2, -0.15) is 0 Å². The summed E-state index contributed by atoms with van der Waals surface area (Å²) in [6.07, 6.45) is 10.9. The molecule has 0 radical (unpaired) electrons. The van der Waals surface area contributed by atoms with Crippen molar-refractivity contribution >= 4 is 19.4 Å². The van der Waals surface area contributed by atoms with E-state index in [1.54, 1.807) is 11.3 Å². The van der Waals surface area contributed by atoms with Crippen LogP contribution in [0.15, 0.2) is 42.0 Å². The Labute approximate surface area is 224 Å². The van der Waals surface area contributed by atoms with Crippen LogP contribution in [-0.4, -0.2) is 18.0 Å². The van der Waals surface area contributed by atoms with E-state index in [0.29, 0.717) is 0 Å². The summed E-state index contributed by atoms with van der Waals surface area (Å²) >= 11 is 1.79. The minimum atomic E-state index is -1.45. The summed E-state index contributed by atoms with van der Waals surface area (Å²) in [7, 11) is -1.45. The highest BCUT2D eigenvalue weighted by atomic mass is 32.1. The Morgan fingerprint density at radius 3 is 1.83 bits per heavy atom. The number of hydrogen-bond donors (Lipinski definition) is 0. The lowest BCUT2D eigenvalue weighted by Crippen LogP contribution is -2.29. The Balaban J connectivity index is 1.73. The highest BCUT2D eigenvalue weighted by Gasteiger charge is 2.24. The van der Waals surface area contributed by atoms with E-state index in [-0.39, 0.29) is 0 Å². The second-order valence-corrected chi connectivity index (χ2v) is 15.3. The van der Waals surface area contributed by atoms with Gasteiger partial charge in [0.1, 0.15) is 8.07 Å². The first-order chi connectivity index (χ1) is 17.6. The lowest BCUT2D eigenvalue weighted by molar-refractivity contribution is 0.761. The molecule has 0 amide bonds. The summed E-state index contributed by atoms with van der Waals surface area (Å²) in [5.74, 6) is 10.2. The van der Waals surface area contributed by atoms with Crippen LogP contribution < -0.4 is 0 Å². The third-order valence-corrected chi connectivity index (χ3v) is 12.9. The Bertz CT molecular complexity index is 1210. The van der Waals surface area contributed by atoms with Crippen molar-refractivity contribution < 1.29 is 0 Å². The smallest absolute Gasteiger partial charge is 0.138 e. The van der Waals surface area contributed by atoms with E-state index in [1.165, 1.54) is 66.2 Å². The zero-order valence-electron chi connectivity index (χ0n) is 22.7. The van der Waals surface area contributed by atoms with E-state index < -0.39 is 8.07 Å². The molecule has 0 fully saturated rings. The fourth-order valence-corrected chi connectivity index (χ4v) is 7.76. The van der Waals surface area contributed by atoms with Gasteiger partial charge in [-0.25, -0.2) is 0 Å². The van der Waals surface area contributed by atoms with Crippen LogP contribution in [0.3, 0.4) is 0 Å². The van der Waals surface area contributed by atoms with Gasteiger partial charge in [-0.05, 0) is 84.6 Å². The molecule has 188 valence electrons. The largest absolute Gasteiger partial charge is 0.253 e. The number of aromatic nitrogens is 2. The van der Waals surface area contributed by atoms with Crippen LogP contribution in [0.2, 0.25) is 18.1 Å². The quantitative estimate of drug-likeness (QED) is 0.200. The van der Waals surface area contributed by atoms with Gasteiger partial charge in [-0.3, -0.25) is 9.97 Å². The third kappa shape index (κ3) is 7.42. The molecule has 0 spiro atoms. The molecule has 2 nitrogen and oxygen atoms in total. The van der Waals surface area contributed by atoms with Crippen LogP contribution in [-0.2, 0) is 12.8 Å². The maximum Gasteiger partial charge on any atom is 0.138 e. The summed E-state index contributed by atoms with van der Waals surface area (Å²) in [6, 6.07) is 11.8. The molecule has 3 aromatic heterocycles. The van der Waals surface area contributed by atoms with Crippen LogP contribution in [0.1, 0.15) is 87.4 Å². The molecular weight excluding hydrogens is 473 g/mol. The second-order valence-electron chi connectivity index (χ2n) is 9.48. The van der Waals surface area contributed by atoms with Gasteiger partial charge in [0.05, 0.1) is 16.3 Å². The monoisotopic (exact) mass is 512 g/mol. The summed E-state index contributed by atoms with van der Waals surface area (Å²) in [5.41, 5.74) is 10.3. The number of nitrogens with zero attached hydrogens (tertiary/aromatic N) is 2. The summed E-state index contributed by atoms with van der Waals surface area (Å²) in [4.78, 5) is 10.5. The van der Waals surface area contributed by atoms with Crippen LogP contribution in [0, 0.1) is 23.3 Å². The van der Waals surface area contributed by atoms with E-state index in [1.807, 2.05) is 30.6 Å². The minimum Gasteiger partial charge on any atom is -0.253 e. The lowest BCUT2D eigenvalue weighted by Gasteiger charge is -2.19. The number of pyridine rings is 2. The first kappa shape index (κ1) is 27.9. The van der Waals surface area contributed by atoms with E-state index in [9.17, 15) is 0 Å².